The molecule has 0 aliphatic rings. The monoisotopic (exact) mass is 461 g/mol. The molecular weight excluding hydrogens is 438 g/mol. The van der Waals surface area contributed by atoms with Gasteiger partial charge in [0.2, 0.25) is 5.91 Å². The van der Waals surface area contributed by atoms with Gasteiger partial charge in [-0.1, -0.05) is 49.0 Å². The van der Waals surface area contributed by atoms with E-state index in [9.17, 15) is 9.59 Å². The molecule has 0 atom stereocenters. The molecule has 1 amide bonds. The Morgan fingerprint density at radius 3 is 2.61 bits per heavy atom. The van der Waals surface area contributed by atoms with Gasteiger partial charge in [-0.25, -0.2) is 15.0 Å². The Morgan fingerprint density at radius 2 is 1.85 bits per heavy atom. The third kappa shape index (κ3) is 5.20. The van der Waals surface area contributed by atoms with Crippen LogP contribution >= 0.6 is 11.8 Å². The number of aromatic nitrogens is 4. The quantitative estimate of drug-likeness (QED) is 0.316. The molecule has 2 heterocycles. The Labute approximate surface area is 195 Å². The minimum atomic E-state index is -0.322. The first kappa shape index (κ1) is 22.5. The Morgan fingerprint density at radius 1 is 1.09 bits per heavy atom. The van der Waals surface area contributed by atoms with Crippen LogP contribution in [0.1, 0.15) is 18.1 Å². The van der Waals surface area contributed by atoms with E-state index in [1.54, 1.807) is 7.11 Å². The molecule has 0 bridgehead atoms. The minimum absolute atomic E-state index is 0.0830. The van der Waals surface area contributed by atoms with Gasteiger partial charge < -0.3 is 10.1 Å². The van der Waals surface area contributed by atoms with Gasteiger partial charge in [-0.2, -0.15) is 0 Å². The first-order chi connectivity index (χ1) is 16.1. The van der Waals surface area contributed by atoms with Gasteiger partial charge >= 0.3 is 0 Å². The van der Waals surface area contributed by atoms with Gasteiger partial charge in [0.15, 0.2) is 16.3 Å². The lowest BCUT2D eigenvalue weighted by molar-refractivity contribution is -0.113. The molecule has 4 rings (SSSR count). The fourth-order valence-corrected chi connectivity index (χ4v) is 4.12. The smallest absolute Gasteiger partial charge is 0.282 e. The van der Waals surface area contributed by atoms with Crippen LogP contribution in [0.2, 0.25) is 0 Å². The van der Waals surface area contributed by atoms with E-state index in [1.165, 1.54) is 34.3 Å². The molecular formula is C24H23N5O3S. The molecule has 9 heteroatoms. The number of hydrogen-bond acceptors (Lipinski definition) is 7. The summed E-state index contributed by atoms with van der Waals surface area (Å²) in [7, 11) is 1.58. The van der Waals surface area contributed by atoms with Crippen LogP contribution in [0.3, 0.4) is 0 Å². The van der Waals surface area contributed by atoms with Gasteiger partial charge in [-0.3, -0.25) is 14.2 Å². The summed E-state index contributed by atoms with van der Waals surface area (Å²) in [6.07, 6.45) is 3.88. The van der Waals surface area contributed by atoms with Crippen molar-refractivity contribution in [3.63, 3.8) is 0 Å². The number of nitrogens with one attached hydrogen (secondary N) is 1. The Bertz CT molecular complexity index is 1340. The van der Waals surface area contributed by atoms with Gasteiger partial charge in [0, 0.05) is 23.6 Å². The van der Waals surface area contributed by atoms with E-state index in [4.69, 9.17) is 4.74 Å². The Kier molecular flexibility index (Phi) is 6.99. The fraction of sp³-hybridized carbons (Fsp3) is 0.208. The van der Waals surface area contributed by atoms with E-state index in [0.29, 0.717) is 10.9 Å². The maximum absolute atomic E-state index is 13.2. The molecule has 0 radical (unpaired) electrons. The molecule has 2 aromatic heterocycles. The summed E-state index contributed by atoms with van der Waals surface area (Å²) >= 11 is 1.17. The zero-order chi connectivity index (χ0) is 23.2. The number of nitrogens with zero attached hydrogens (tertiary/aromatic N) is 4. The number of methoxy groups -OCH3 is 1. The van der Waals surface area contributed by atoms with E-state index in [0.717, 1.165) is 17.7 Å². The second-order valence-corrected chi connectivity index (χ2v) is 8.16. The largest absolute Gasteiger partial charge is 0.496 e. The van der Waals surface area contributed by atoms with E-state index in [1.807, 2.05) is 48.5 Å². The van der Waals surface area contributed by atoms with E-state index >= 15 is 0 Å². The molecule has 168 valence electrons. The lowest BCUT2D eigenvalue weighted by Gasteiger charge is -2.14. The van der Waals surface area contributed by atoms with Crippen LogP contribution in [0, 0.1) is 0 Å². The zero-order valence-electron chi connectivity index (χ0n) is 18.3. The molecule has 0 saturated heterocycles. The number of carbonyl (C=O) groups excluding carboxylic acids is 1. The number of benzene rings is 2. The molecule has 1 N–H and O–H groups in total. The van der Waals surface area contributed by atoms with Crippen molar-refractivity contribution < 1.29 is 9.53 Å². The van der Waals surface area contributed by atoms with E-state index in [-0.39, 0.29) is 34.9 Å². The molecule has 0 fully saturated rings. The summed E-state index contributed by atoms with van der Waals surface area (Å²) < 4.78 is 6.93. The minimum Gasteiger partial charge on any atom is -0.496 e. The lowest BCUT2D eigenvalue weighted by Crippen LogP contribution is -2.26. The molecule has 0 saturated carbocycles. The highest BCUT2D eigenvalue weighted by atomic mass is 32.2. The van der Waals surface area contributed by atoms with Crippen LogP contribution in [0.4, 0.5) is 5.69 Å². The summed E-state index contributed by atoms with van der Waals surface area (Å²) in [5.74, 6) is 0.550. The summed E-state index contributed by atoms with van der Waals surface area (Å²) in [5, 5.41) is 3.26. The van der Waals surface area contributed by atoms with Crippen LogP contribution in [-0.4, -0.2) is 38.3 Å². The maximum atomic E-state index is 13.2. The number of anilines is 1. The molecule has 0 unspecified atom stereocenters. The van der Waals surface area contributed by atoms with E-state index in [2.05, 4.69) is 27.2 Å². The highest BCUT2D eigenvalue weighted by Crippen LogP contribution is 2.22. The first-order valence-electron chi connectivity index (χ1n) is 10.4. The average Bonchev–Trinajstić information content (AvgIpc) is 2.85. The number of para-hydroxylation sites is 1. The Balaban J connectivity index is 1.60. The van der Waals surface area contributed by atoms with Crippen LogP contribution < -0.4 is 15.6 Å². The van der Waals surface area contributed by atoms with Crippen molar-refractivity contribution in [1.29, 1.82) is 0 Å². The molecule has 8 nitrogen and oxygen atoms in total. The van der Waals surface area contributed by atoms with Crippen molar-refractivity contribution in [3.05, 3.63) is 82.4 Å². The third-order valence-corrected chi connectivity index (χ3v) is 6.03. The number of thioether (sulfide) groups is 1. The number of amides is 1. The first-order valence-corrected chi connectivity index (χ1v) is 11.4. The van der Waals surface area contributed by atoms with Crippen molar-refractivity contribution in [3.8, 4) is 5.75 Å². The van der Waals surface area contributed by atoms with Crippen molar-refractivity contribution in [2.24, 2.45) is 0 Å². The molecule has 4 aromatic rings. The number of hydrogen-bond donors (Lipinski definition) is 1. The number of aryl methyl sites for hydroxylation is 1. The van der Waals surface area contributed by atoms with Crippen molar-refractivity contribution in [2.75, 3.05) is 18.2 Å². The average molecular weight is 462 g/mol. The van der Waals surface area contributed by atoms with Crippen LogP contribution in [0.5, 0.6) is 5.75 Å². The summed E-state index contributed by atoms with van der Waals surface area (Å²) in [6, 6.07) is 15.2. The van der Waals surface area contributed by atoms with E-state index < -0.39 is 0 Å². The zero-order valence-corrected chi connectivity index (χ0v) is 19.1. The van der Waals surface area contributed by atoms with Crippen LogP contribution in [-0.2, 0) is 17.8 Å². The predicted molar refractivity (Wildman–Crippen MR) is 129 cm³/mol. The Hall–Kier alpha value is -3.72. The second-order valence-electron chi connectivity index (χ2n) is 7.21. The molecule has 2 aromatic carbocycles. The van der Waals surface area contributed by atoms with Gasteiger partial charge in [-0.15, -0.1) is 0 Å². The van der Waals surface area contributed by atoms with Gasteiger partial charge in [0.05, 0.1) is 19.4 Å². The number of fused-ring (bicyclic) bond motifs is 1. The summed E-state index contributed by atoms with van der Waals surface area (Å²) in [4.78, 5) is 38.6. The van der Waals surface area contributed by atoms with Gasteiger partial charge in [-0.05, 0) is 30.2 Å². The third-order valence-electron chi connectivity index (χ3n) is 5.06. The maximum Gasteiger partial charge on any atom is 0.282 e. The number of carbonyl (C=O) groups is 1. The SMILES string of the molecule is CCc1ccc(NC(=O)CSc2nc3nccnc3c(=O)n2Cc2ccccc2OC)cc1. The topological polar surface area (TPSA) is 99.0 Å². The van der Waals surface area contributed by atoms with Crippen molar-refractivity contribution >= 4 is 34.5 Å². The second kappa shape index (κ2) is 10.3. The van der Waals surface area contributed by atoms with Gasteiger partial charge in [0.1, 0.15) is 5.75 Å². The summed E-state index contributed by atoms with van der Waals surface area (Å²) in [6.45, 7) is 2.31. The number of ether oxygens (including phenoxy) is 1. The standard InChI is InChI=1S/C24H23N5O3S/c1-3-16-8-10-18(11-9-16)27-20(30)15-33-24-28-22-21(25-12-13-26-22)23(31)29(24)14-17-6-4-5-7-19(17)32-2/h4-13H,3,14-15H2,1-2H3,(H,27,30). The van der Waals surface area contributed by atoms with Crippen LogP contribution in [0.15, 0.2) is 70.9 Å². The number of rotatable bonds is 8. The normalized spacial score (nSPS) is 10.8. The summed E-state index contributed by atoms with van der Waals surface area (Å²) in [5.41, 5.74) is 2.84. The highest BCUT2D eigenvalue weighted by molar-refractivity contribution is 7.99. The van der Waals surface area contributed by atoms with Gasteiger partial charge in [0.25, 0.3) is 5.56 Å². The molecule has 33 heavy (non-hydrogen) atoms. The van der Waals surface area contributed by atoms with Crippen molar-refractivity contribution in [1.82, 2.24) is 19.5 Å². The lowest BCUT2D eigenvalue weighted by atomic mass is 10.1. The molecule has 0 aliphatic carbocycles. The van der Waals surface area contributed by atoms with Crippen molar-refractivity contribution in [2.45, 2.75) is 25.0 Å². The molecule has 0 spiro atoms. The predicted octanol–water partition coefficient (Wildman–Crippen LogP) is 3.54. The van der Waals surface area contributed by atoms with Crippen LogP contribution in [0.25, 0.3) is 11.2 Å². The molecule has 0 aliphatic heterocycles. The fourth-order valence-electron chi connectivity index (χ4n) is 3.33. The highest BCUT2D eigenvalue weighted by Gasteiger charge is 2.16.